The third-order valence-electron chi connectivity index (χ3n) is 2.92. The molecule has 1 heterocycles. The van der Waals surface area contributed by atoms with Crippen LogP contribution in [0.4, 0.5) is 6.01 Å². The first-order valence-corrected chi connectivity index (χ1v) is 7.82. The fraction of sp³-hybridized carbons (Fsp3) is 0.467. The average Bonchev–Trinajstić information content (AvgIpc) is 2.87. The van der Waals surface area contributed by atoms with Crippen LogP contribution >= 0.6 is 15.9 Å². The summed E-state index contributed by atoms with van der Waals surface area (Å²) in [6.45, 7) is 6.60. The Morgan fingerprint density at radius 2 is 2.14 bits per heavy atom. The van der Waals surface area contributed by atoms with E-state index in [0.717, 1.165) is 17.6 Å². The predicted molar refractivity (Wildman–Crippen MR) is 87.1 cm³/mol. The molecule has 2 rings (SSSR count). The maximum Gasteiger partial charge on any atom is 0.318 e. The summed E-state index contributed by atoms with van der Waals surface area (Å²) in [6.07, 6.45) is 0. The van der Waals surface area contributed by atoms with Gasteiger partial charge in [-0.05, 0) is 30.2 Å². The van der Waals surface area contributed by atoms with Gasteiger partial charge in [-0.25, -0.2) is 0 Å². The van der Waals surface area contributed by atoms with E-state index >= 15 is 0 Å². The number of benzene rings is 1. The number of aromatic nitrogens is 2. The van der Waals surface area contributed by atoms with Gasteiger partial charge in [0.2, 0.25) is 5.89 Å². The SMILES string of the molecule is CC(C)CNCc1nnc(N(C)Cc2cccc(Br)c2)o1. The Bertz CT molecular complexity index is 570. The van der Waals surface area contributed by atoms with Gasteiger partial charge in [0.05, 0.1) is 6.54 Å². The van der Waals surface area contributed by atoms with E-state index in [4.69, 9.17) is 4.42 Å². The molecule has 1 aromatic carbocycles. The lowest BCUT2D eigenvalue weighted by Gasteiger charge is -2.13. The minimum atomic E-state index is 0.538. The summed E-state index contributed by atoms with van der Waals surface area (Å²) >= 11 is 3.47. The topological polar surface area (TPSA) is 54.2 Å². The molecule has 0 saturated heterocycles. The summed E-state index contributed by atoms with van der Waals surface area (Å²) in [5.41, 5.74) is 1.18. The summed E-state index contributed by atoms with van der Waals surface area (Å²) in [7, 11) is 1.94. The molecule has 0 unspecified atom stereocenters. The number of halogens is 1. The lowest BCUT2D eigenvalue weighted by molar-refractivity contribution is 0.450. The molecular formula is C15H21BrN4O. The zero-order valence-corrected chi connectivity index (χ0v) is 14.2. The normalized spacial score (nSPS) is 11.1. The molecule has 5 nitrogen and oxygen atoms in total. The molecule has 1 aromatic heterocycles. The molecule has 0 bridgehead atoms. The number of nitrogens with one attached hydrogen (secondary N) is 1. The molecule has 114 valence electrons. The van der Waals surface area contributed by atoms with Gasteiger partial charge in [0.25, 0.3) is 0 Å². The Morgan fingerprint density at radius 3 is 2.86 bits per heavy atom. The van der Waals surface area contributed by atoms with Gasteiger partial charge < -0.3 is 14.6 Å². The number of hydrogen-bond acceptors (Lipinski definition) is 5. The van der Waals surface area contributed by atoms with Gasteiger partial charge in [-0.15, -0.1) is 5.10 Å². The zero-order valence-electron chi connectivity index (χ0n) is 12.6. The number of anilines is 1. The number of nitrogens with zero attached hydrogens (tertiary/aromatic N) is 3. The van der Waals surface area contributed by atoms with Crippen molar-refractivity contribution in [3.8, 4) is 0 Å². The summed E-state index contributed by atoms with van der Waals surface area (Å²) in [6, 6.07) is 8.72. The summed E-state index contributed by atoms with van der Waals surface area (Å²) in [5, 5.41) is 11.4. The molecule has 0 radical (unpaired) electrons. The molecule has 0 atom stereocenters. The van der Waals surface area contributed by atoms with E-state index in [1.54, 1.807) is 0 Å². The largest absolute Gasteiger partial charge is 0.407 e. The van der Waals surface area contributed by atoms with E-state index in [1.807, 2.05) is 24.1 Å². The second kappa shape index (κ2) is 7.56. The smallest absolute Gasteiger partial charge is 0.318 e. The van der Waals surface area contributed by atoms with E-state index in [1.165, 1.54) is 5.56 Å². The average molecular weight is 353 g/mol. The van der Waals surface area contributed by atoms with Crippen LogP contribution in [0.1, 0.15) is 25.3 Å². The third kappa shape index (κ3) is 5.13. The molecule has 21 heavy (non-hydrogen) atoms. The Labute approximate surface area is 133 Å². The van der Waals surface area contributed by atoms with Crippen molar-refractivity contribution >= 4 is 21.9 Å². The Morgan fingerprint density at radius 1 is 1.33 bits per heavy atom. The zero-order chi connectivity index (χ0) is 15.2. The van der Waals surface area contributed by atoms with Gasteiger partial charge >= 0.3 is 6.01 Å². The van der Waals surface area contributed by atoms with Crippen molar-refractivity contribution in [1.82, 2.24) is 15.5 Å². The molecule has 0 spiro atoms. The molecule has 0 aliphatic heterocycles. The minimum absolute atomic E-state index is 0.538. The van der Waals surface area contributed by atoms with Crippen LogP contribution in [0.2, 0.25) is 0 Å². The molecule has 0 saturated carbocycles. The summed E-state index contributed by atoms with van der Waals surface area (Å²) in [5.74, 6) is 1.22. The molecule has 2 aromatic rings. The second-order valence-electron chi connectivity index (χ2n) is 5.49. The number of hydrogen-bond donors (Lipinski definition) is 1. The van der Waals surface area contributed by atoms with Gasteiger partial charge in [-0.3, -0.25) is 0 Å². The summed E-state index contributed by atoms with van der Waals surface area (Å²) in [4.78, 5) is 1.95. The maximum atomic E-state index is 5.66. The Balaban J connectivity index is 1.91. The van der Waals surface area contributed by atoms with Gasteiger partial charge in [0, 0.05) is 18.1 Å². The third-order valence-corrected chi connectivity index (χ3v) is 3.41. The van der Waals surface area contributed by atoms with E-state index in [0.29, 0.717) is 24.4 Å². The molecule has 0 aliphatic carbocycles. The quantitative estimate of drug-likeness (QED) is 0.828. The van der Waals surface area contributed by atoms with E-state index in [-0.39, 0.29) is 0 Å². The minimum Gasteiger partial charge on any atom is -0.407 e. The van der Waals surface area contributed by atoms with Crippen molar-refractivity contribution in [1.29, 1.82) is 0 Å². The standard InChI is InChI=1S/C15H21BrN4O/c1-11(2)8-17-9-14-18-19-15(21-14)20(3)10-12-5-4-6-13(16)7-12/h4-7,11,17H,8-10H2,1-3H3. The van der Waals surface area contributed by atoms with E-state index in [2.05, 4.69) is 57.4 Å². The van der Waals surface area contributed by atoms with Gasteiger partial charge in [0.15, 0.2) is 0 Å². The first-order chi connectivity index (χ1) is 10.0. The highest BCUT2D eigenvalue weighted by atomic mass is 79.9. The van der Waals surface area contributed by atoms with Crippen LogP contribution in [0.15, 0.2) is 33.2 Å². The van der Waals surface area contributed by atoms with Crippen LogP contribution < -0.4 is 10.2 Å². The highest BCUT2D eigenvalue weighted by Gasteiger charge is 2.11. The molecule has 0 aliphatic rings. The Hall–Kier alpha value is -1.40. The van der Waals surface area contributed by atoms with Crippen molar-refractivity contribution in [2.24, 2.45) is 5.92 Å². The van der Waals surface area contributed by atoms with Gasteiger partial charge in [-0.1, -0.05) is 47.0 Å². The van der Waals surface area contributed by atoms with Crippen molar-refractivity contribution < 1.29 is 4.42 Å². The lowest BCUT2D eigenvalue weighted by atomic mass is 10.2. The monoisotopic (exact) mass is 352 g/mol. The predicted octanol–water partition coefficient (Wildman–Crippen LogP) is 3.21. The molecule has 1 N–H and O–H groups in total. The van der Waals surface area contributed by atoms with Crippen LogP contribution in [0.25, 0.3) is 0 Å². The molecular weight excluding hydrogens is 332 g/mol. The van der Waals surface area contributed by atoms with Crippen molar-refractivity contribution in [2.75, 3.05) is 18.5 Å². The van der Waals surface area contributed by atoms with Crippen LogP contribution in [-0.2, 0) is 13.1 Å². The highest BCUT2D eigenvalue weighted by Crippen LogP contribution is 2.16. The molecule has 0 amide bonds. The molecule has 0 fully saturated rings. The van der Waals surface area contributed by atoms with Crippen LogP contribution in [0, 0.1) is 5.92 Å². The Kier molecular flexibility index (Phi) is 5.76. The van der Waals surface area contributed by atoms with Crippen molar-refractivity contribution in [2.45, 2.75) is 26.9 Å². The highest BCUT2D eigenvalue weighted by molar-refractivity contribution is 9.10. The van der Waals surface area contributed by atoms with Crippen LogP contribution in [-0.4, -0.2) is 23.8 Å². The first-order valence-electron chi connectivity index (χ1n) is 7.03. The van der Waals surface area contributed by atoms with E-state index < -0.39 is 0 Å². The summed E-state index contributed by atoms with van der Waals surface area (Å²) < 4.78 is 6.73. The second-order valence-corrected chi connectivity index (χ2v) is 6.40. The fourth-order valence-corrected chi connectivity index (χ4v) is 2.36. The fourth-order valence-electron chi connectivity index (χ4n) is 1.92. The lowest BCUT2D eigenvalue weighted by Crippen LogP contribution is -2.19. The maximum absolute atomic E-state index is 5.66. The van der Waals surface area contributed by atoms with Crippen molar-refractivity contribution in [3.05, 3.63) is 40.2 Å². The van der Waals surface area contributed by atoms with Crippen LogP contribution in [0.3, 0.4) is 0 Å². The first kappa shape index (κ1) is 16.0. The molecule has 6 heteroatoms. The number of rotatable bonds is 7. The van der Waals surface area contributed by atoms with Crippen molar-refractivity contribution in [3.63, 3.8) is 0 Å². The van der Waals surface area contributed by atoms with Gasteiger partial charge in [0.1, 0.15) is 0 Å². The van der Waals surface area contributed by atoms with Gasteiger partial charge in [-0.2, -0.15) is 0 Å². The van der Waals surface area contributed by atoms with Crippen LogP contribution in [0.5, 0.6) is 0 Å². The van der Waals surface area contributed by atoms with E-state index in [9.17, 15) is 0 Å².